The van der Waals surface area contributed by atoms with Crippen molar-refractivity contribution in [3.8, 4) is 66.8 Å². The first-order valence-electron chi connectivity index (χ1n) is 21.2. The van der Waals surface area contributed by atoms with E-state index in [1.807, 2.05) is 11.3 Å². The summed E-state index contributed by atoms with van der Waals surface area (Å²) in [5, 5.41) is 2.61. The lowest BCUT2D eigenvalue weighted by molar-refractivity contribution is 1.28. The number of fused-ring (bicyclic) bond motifs is 3. The van der Waals surface area contributed by atoms with Gasteiger partial charge in [-0.2, -0.15) is 0 Å². The summed E-state index contributed by atoms with van der Waals surface area (Å²) in [5.41, 5.74) is 17.7. The molecular formula is C60H41NS. The van der Waals surface area contributed by atoms with Crippen molar-refractivity contribution in [2.45, 2.75) is 0 Å². The van der Waals surface area contributed by atoms with Gasteiger partial charge in [-0.25, -0.2) is 0 Å². The second-order valence-corrected chi connectivity index (χ2v) is 16.7. The molecule has 10 aromatic carbocycles. The second kappa shape index (κ2) is 16.3. The molecular weight excluding hydrogens is 767 g/mol. The molecule has 0 atom stereocenters. The van der Waals surface area contributed by atoms with Crippen LogP contribution < -0.4 is 4.90 Å². The largest absolute Gasteiger partial charge is 0.310 e. The van der Waals surface area contributed by atoms with Crippen molar-refractivity contribution in [2.75, 3.05) is 4.90 Å². The van der Waals surface area contributed by atoms with Crippen molar-refractivity contribution in [1.82, 2.24) is 0 Å². The molecule has 11 rings (SSSR count). The Kier molecular flexibility index (Phi) is 9.82. The lowest BCUT2D eigenvalue weighted by atomic mass is 9.88. The Balaban J connectivity index is 1.06. The first-order valence-corrected chi connectivity index (χ1v) is 22.0. The lowest BCUT2D eigenvalue weighted by Gasteiger charge is -2.29. The highest BCUT2D eigenvalue weighted by molar-refractivity contribution is 7.26. The summed E-state index contributed by atoms with van der Waals surface area (Å²) in [6, 6.07) is 90.3. The van der Waals surface area contributed by atoms with Crippen LogP contribution in [0.1, 0.15) is 0 Å². The average Bonchev–Trinajstić information content (AvgIpc) is 3.74. The van der Waals surface area contributed by atoms with Gasteiger partial charge in [0.05, 0.1) is 5.69 Å². The van der Waals surface area contributed by atoms with Crippen LogP contribution in [0.3, 0.4) is 0 Å². The fourth-order valence-electron chi connectivity index (χ4n) is 8.94. The van der Waals surface area contributed by atoms with E-state index in [0.29, 0.717) is 0 Å². The molecule has 62 heavy (non-hydrogen) atoms. The number of rotatable bonds is 9. The summed E-state index contributed by atoms with van der Waals surface area (Å²) in [7, 11) is 0. The molecule has 11 aromatic rings. The van der Waals surface area contributed by atoms with Crippen LogP contribution in [0.15, 0.2) is 249 Å². The van der Waals surface area contributed by atoms with Crippen LogP contribution in [0.5, 0.6) is 0 Å². The number of anilines is 3. The highest BCUT2D eigenvalue weighted by Crippen LogP contribution is 2.47. The maximum Gasteiger partial charge on any atom is 0.0540 e. The van der Waals surface area contributed by atoms with Gasteiger partial charge in [-0.05, 0) is 97.6 Å². The summed E-state index contributed by atoms with van der Waals surface area (Å²) in [5.74, 6) is 0. The van der Waals surface area contributed by atoms with E-state index in [2.05, 4.69) is 254 Å². The van der Waals surface area contributed by atoms with E-state index in [-0.39, 0.29) is 0 Å². The second-order valence-electron chi connectivity index (χ2n) is 15.6. The van der Waals surface area contributed by atoms with Gasteiger partial charge >= 0.3 is 0 Å². The topological polar surface area (TPSA) is 3.24 Å². The van der Waals surface area contributed by atoms with Crippen molar-refractivity contribution in [3.63, 3.8) is 0 Å². The van der Waals surface area contributed by atoms with Gasteiger partial charge in [0.2, 0.25) is 0 Å². The van der Waals surface area contributed by atoms with Crippen molar-refractivity contribution in [3.05, 3.63) is 249 Å². The first kappa shape index (κ1) is 37.2. The molecule has 1 nitrogen and oxygen atoms in total. The molecule has 292 valence electrons. The normalized spacial score (nSPS) is 11.2. The van der Waals surface area contributed by atoms with Gasteiger partial charge in [0.1, 0.15) is 0 Å². The van der Waals surface area contributed by atoms with Crippen LogP contribution in [0.25, 0.3) is 86.9 Å². The fraction of sp³-hybridized carbons (Fsp3) is 0. The molecule has 1 heterocycles. The average molecular weight is 808 g/mol. The van der Waals surface area contributed by atoms with Gasteiger partial charge in [-0.15, -0.1) is 11.3 Å². The smallest absolute Gasteiger partial charge is 0.0540 e. The molecule has 2 heteroatoms. The number of hydrogen-bond donors (Lipinski definition) is 0. The predicted octanol–water partition coefficient (Wildman–Crippen LogP) is 17.5. The molecule has 0 aliphatic heterocycles. The van der Waals surface area contributed by atoms with E-state index in [0.717, 1.165) is 22.6 Å². The minimum Gasteiger partial charge on any atom is -0.310 e. The highest BCUT2D eigenvalue weighted by atomic mass is 32.1. The van der Waals surface area contributed by atoms with E-state index in [4.69, 9.17) is 0 Å². The molecule has 0 aliphatic rings. The Morgan fingerprint density at radius 3 is 1.40 bits per heavy atom. The zero-order valence-corrected chi connectivity index (χ0v) is 34.8. The third kappa shape index (κ3) is 6.97. The molecule has 0 aliphatic carbocycles. The number of para-hydroxylation sites is 1. The fourth-order valence-corrected chi connectivity index (χ4v) is 10.2. The van der Waals surface area contributed by atoms with E-state index < -0.39 is 0 Å². The Bertz CT molecular complexity index is 3330. The lowest BCUT2D eigenvalue weighted by Crippen LogP contribution is -2.11. The van der Waals surface area contributed by atoms with Gasteiger partial charge in [0.15, 0.2) is 0 Å². The maximum absolute atomic E-state index is 2.44. The monoisotopic (exact) mass is 807 g/mol. The summed E-state index contributed by atoms with van der Waals surface area (Å²) in [4.78, 5) is 2.44. The van der Waals surface area contributed by atoms with Crippen LogP contribution >= 0.6 is 11.3 Å². The summed E-state index contributed by atoms with van der Waals surface area (Å²) in [6.45, 7) is 0. The predicted molar refractivity (Wildman–Crippen MR) is 267 cm³/mol. The van der Waals surface area contributed by atoms with Crippen molar-refractivity contribution < 1.29 is 0 Å². The zero-order valence-electron chi connectivity index (χ0n) is 34.0. The Morgan fingerprint density at radius 2 is 0.710 bits per heavy atom. The van der Waals surface area contributed by atoms with E-state index in [1.54, 1.807) is 0 Å². The molecule has 0 N–H and O–H groups in total. The molecule has 0 amide bonds. The van der Waals surface area contributed by atoms with Gasteiger partial charge in [0.25, 0.3) is 0 Å². The number of benzene rings is 10. The minimum atomic E-state index is 1.08. The van der Waals surface area contributed by atoms with Crippen LogP contribution in [-0.4, -0.2) is 0 Å². The van der Waals surface area contributed by atoms with Gasteiger partial charge in [-0.3, -0.25) is 0 Å². The minimum absolute atomic E-state index is 1.08. The van der Waals surface area contributed by atoms with E-state index in [1.165, 1.54) is 81.4 Å². The SMILES string of the molecule is c1ccc(-c2ccc(-c3ccc(N(c4cccc(-c5cccc6c5sc5ccccc56)c4)c4ccccc4-c4ccccc4-c4ccccc4-c4ccccc4)cc3)cc2)cc1. The Labute approximate surface area is 367 Å². The van der Waals surface area contributed by atoms with Crippen LogP contribution in [0, 0.1) is 0 Å². The molecule has 0 saturated carbocycles. The van der Waals surface area contributed by atoms with Crippen molar-refractivity contribution in [2.24, 2.45) is 0 Å². The van der Waals surface area contributed by atoms with Crippen LogP contribution in [0.2, 0.25) is 0 Å². The van der Waals surface area contributed by atoms with Crippen LogP contribution in [0.4, 0.5) is 17.1 Å². The Morgan fingerprint density at radius 1 is 0.258 bits per heavy atom. The molecule has 0 saturated heterocycles. The molecule has 0 spiro atoms. The molecule has 0 radical (unpaired) electrons. The Hall–Kier alpha value is -7.78. The van der Waals surface area contributed by atoms with Gasteiger partial charge < -0.3 is 4.90 Å². The summed E-state index contributed by atoms with van der Waals surface area (Å²) >= 11 is 1.87. The van der Waals surface area contributed by atoms with Crippen molar-refractivity contribution >= 4 is 48.6 Å². The molecule has 1 aromatic heterocycles. The standard InChI is InChI=1S/C60H41NS/c1-3-17-42(18-4-1)43-33-35-44(36-34-43)45-37-39-48(40-38-45)61(49-22-15-21-47(41-49)51-29-16-30-57-56-28-12-14-32-59(56)62-60(51)57)58-31-13-11-27-55(58)54-26-10-9-25-53(54)52-24-8-7-23-50(52)46-19-5-2-6-20-46/h1-41H. The highest BCUT2D eigenvalue weighted by Gasteiger charge is 2.21. The first-order chi connectivity index (χ1) is 30.8. The number of nitrogens with zero attached hydrogens (tertiary/aromatic N) is 1. The molecule has 0 fully saturated rings. The zero-order chi connectivity index (χ0) is 41.2. The third-order valence-electron chi connectivity index (χ3n) is 11.9. The molecule has 0 bridgehead atoms. The number of thiophene rings is 1. The third-order valence-corrected chi connectivity index (χ3v) is 13.2. The maximum atomic E-state index is 2.44. The van der Waals surface area contributed by atoms with E-state index >= 15 is 0 Å². The summed E-state index contributed by atoms with van der Waals surface area (Å²) in [6.07, 6.45) is 0. The quantitative estimate of drug-likeness (QED) is 0.140. The number of hydrogen-bond acceptors (Lipinski definition) is 2. The van der Waals surface area contributed by atoms with Gasteiger partial charge in [0, 0.05) is 37.1 Å². The van der Waals surface area contributed by atoms with Gasteiger partial charge in [-0.1, -0.05) is 212 Å². The molecule has 0 unspecified atom stereocenters. The van der Waals surface area contributed by atoms with Crippen molar-refractivity contribution in [1.29, 1.82) is 0 Å². The van der Waals surface area contributed by atoms with E-state index in [9.17, 15) is 0 Å². The van der Waals surface area contributed by atoms with Crippen LogP contribution in [-0.2, 0) is 0 Å². The summed E-state index contributed by atoms with van der Waals surface area (Å²) < 4.78 is 2.62.